The Morgan fingerprint density at radius 3 is 2.56 bits per heavy atom. The highest BCUT2D eigenvalue weighted by Gasteiger charge is 2.16. The summed E-state index contributed by atoms with van der Waals surface area (Å²) < 4.78 is 3.14. The smallest absolute Gasteiger partial charge is 0.0767 e. The van der Waals surface area contributed by atoms with Crippen LogP contribution in [0.1, 0.15) is 39.1 Å². The Balaban J connectivity index is 2.84. The first-order chi connectivity index (χ1) is 8.54. The molecule has 1 aromatic rings. The van der Waals surface area contributed by atoms with Crippen molar-refractivity contribution >= 4 is 15.9 Å². The summed E-state index contributed by atoms with van der Waals surface area (Å²) in [6.45, 7) is 10.1. The van der Waals surface area contributed by atoms with Crippen molar-refractivity contribution in [2.45, 2.75) is 53.2 Å². The minimum absolute atomic E-state index is 0.0992. The Morgan fingerprint density at radius 2 is 2.11 bits per heavy atom. The zero-order valence-electron chi connectivity index (χ0n) is 11.6. The van der Waals surface area contributed by atoms with Gasteiger partial charge in [-0.05, 0) is 35.2 Å². The number of terminal acetylenes is 1. The molecule has 1 aromatic heterocycles. The maximum Gasteiger partial charge on any atom is 0.0767 e. The normalized spacial score (nSPS) is 12.7. The van der Waals surface area contributed by atoms with Crippen LogP contribution < -0.4 is 5.32 Å². The fraction of sp³-hybridized carbons (Fsp3) is 0.643. The fourth-order valence-electron chi connectivity index (χ4n) is 1.88. The lowest BCUT2D eigenvalue weighted by Gasteiger charge is -2.17. The van der Waals surface area contributed by atoms with Gasteiger partial charge in [-0.3, -0.25) is 10.00 Å². The van der Waals surface area contributed by atoms with Gasteiger partial charge in [0.2, 0.25) is 0 Å². The predicted octanol–water partition coefficient (Wildman–Crippen LogP) is 2.98. The Morgan fingerprint density at radius 1 is 1.44 bits per heavy atom. The third-order valence-electron chi connectivity index (χ3n) is 3.03. The number of halogens is 1. The standard InChI is InChI=1S/C14H22BrN3/c1-6-11(10(4)5)16-9-13-14(15)12(7-2)17-18(13)8-3/h1,10-11,16H,7-9H2,2-5H3. The molecule has 1 atom stereocenters. The van der Waals surface area contributed by atoms with Crippen molar-refractivity contribution in [2.75, 3.05) is 0 Å². The predicted molar refractivity (Wildman–Crippen MR) is 79.3 cm³/mol. The Bertz CT molecular complexity index is 429. The van der Waals surface area contributed by atoms with E-state index in [1.165, 1.54) is 5.69 Å². The average Bonchev–Trinajstić information content (AvgIpc) is 2.66. The van der Waals surface area contributed by atoms with E-state index in [0.717, 1.165) is 29.7 Å². The molecule has 0 saturated heterocycles. The fourth-order valence-corrected chi connectivity index (χ4v) is 2.58. The van der Waals surface area contributed by atoms with Crippen LogP contribution in [0, 0.1) is 18.3 Å². The molecule has 1 N–H and O–H groups in total. The van der Waals surface area contributed by atoms with Crippen LogP contribution in [0.2, 0.25) is 0 Å². The molecular formula is C14H22BrN3. The first-order valence-corrected chi connectivity index (χ1v) is 7.27. The molecule has 0 aliphatic heterocycles. The first kappa shape index (κ1) is 15.3. The number of nitrogens with zero attached hydrogens (tertiary/aromatic N) is 2. The largest absolute Gasteiger partial charge is 0.298 e. The minimum atomic E-state index is 0.0992. The van der Waals surface area contributed by atoms with E-state index in [1.54, 1.807) is 0 Å². The van der Waals surface area contributed by atoms with Gasteiger partial charge in [0.1, 0.15) is 0 Å². The molecule has 0 radical (unpaired) electrons. The molecule has 4 heteroatoms. The maximum absolute atomic E-state index is 5.53. The van der Waals surface area contributed by atoms with Gasteiger partial charge in [0.25, 0.3) is 0 Å². The first-order valence-electron chi connectivity index (χ1n) is 6.48. The van der Waals surface area contributed by atoms with Gasteiger partial charge in [-0.25, -0.2) is 0 Å². The van der Waals surface area contributed by atoms with Crippen LogP contribution in [-0.4, -0.2) is 15.8 Å². The Labute approximate surface area is 118 Å². The quantitative estimate of drug-likeness (QED) is 0.819. The van der Waals surface area contributed by atoms with E-state index in [2.05, 4.69) is 60.0 Å². The van der Waals surface area contributed by atoms with Gasteiger partial charge in [-0.1, -0.05) is 26.7 Å². The second kappa shape index (κ2) is 6.96. The molecule has 0 bridgehead atoms. The maximum atomic E-state index is 5.53. The number of hydrogen-bond acceptors (Lipinski definition) is 2. The summed E-state index contributed by atoms with van der Waals surface area (Å²) in [6.07, 6.45) is 6.47. The van der Waals surface area contributed by atoms with Crippen molar-refractivity contribution in [3.63, 3.8) is 0 Å². The van der Waals surface area contributed by atoms with E-state index < -0.39 is 0 Å². The molecule has 0 aromatic carbocycles. The lowest BCUT2D eigenvalue weighted by atomic mass is 10.1. The van der Waals surface area contributed by atoms with Crippen molar-refractivity contribution in [1.82, 2.24) is 15.1 Å². The van der Waals surface area contributed by atoms with Crippen molar-refractivity contribution in [3.8, 4) is 12.3 Å². The molecule has 3 nitrogen and oxygen atoms in total. The van der Waals surface area contributed by atoms with Crippen molar-refractivity contribution in [1.29, 1.82) is 0 Å². The summed E-state index contributed by atoms with van der Waals surface area (Å²) in [6, 6.07) is 0.0992. The van der Waals surface area contributed by atoms with Crippen LogP contribution in [0.5, 0.6) is 0 Å². The average molecular weight is 312 g/mol. The third-order valence-corrected chi connectivity index (χ3v) is 3.95. The summed E-state index contributed by atoms with van der Waals surface area (Å²) >= 11 is 3.64. The van der Waals surface area contributed by atoms with Crippen LogP contribution in [0.4, 0.5) is 0 Å². The van der Waals surface area contributed by atoms with E-state index in [-0.39, 0.29) is 6.04 Å². The second-order valence-electron chi connectivity index (χ2n) is 4.65. The van der Waals surface area contributed by atoms with Crippen LogP contribution >= 0.6 is 15.9 Å². The Hall–Kier alpha value is -0.790. The van der Waals surface area contributed by atoms with E-state index in [4.69, 9.17) is 6.42 Å². The molecular weight excluding hydrogens is 290 g/mol. The van der Waals surface area contributed by atoms with Gasteiger partial charge in [0.05, 0.1) is 21.9 Å². The molecule has 0 spiro atoms. The SMILES string of the molecule is C#CC(NCc1c(Br)c(CC)nn1CC)C(C)C. The van der Waals surface area contributed by atoms with Crippen molar-refractivity contribution < 1.29 is 0 Å². The summed E-state index contributed by atoms with van der Waals surface area (Å²) in [5, 5.41) is 7.98. The van der Waals surface area contributed by atoms with Crippen LogP contribution in [0.25, 0.3) is 0 Å². The molecule has 1 heterocycles. The van der Waals surface area contributed by atoms with E-state index >= 15 is 0 Å². The molecule has 0 aliphatic carbocycles. The molecule has 100 valence electrons. The Kier molecular flexibility index (Phi) is 5.90. The van der Waals surface area contributed by atoms with Crippen LogP contribution in [0.15, 0.2) is 4.47 Å². The second-order valence-corrected chi connectivity index (χ2v) is 5.44. The summed E-state index contributed by atoms with van der Waals surface area (Å²) in [5.74, 6) is 3.22. The highest BCUT2D eigenvalue weighted by atomic mass is 79.9. The highest BCUT2D eigenvalue weighted by Crippen LogP contribution is 2.22. The zero-order valence-corrected chi connectivity index (χ0v) is 13.2. The lowest BCUT2D eigenvalue weighted by molar-refractivity contribution is 0.461. The van der Waals surface area contributed by atoms with Crippen LogP contribution in [-0.2, 0) is 19.5 Å². The lowest BCUT2D eigenvalue weighted by Crippen LogP contribution is -2.32. The summed E-state index contributed by atoms with van der Waals surface area (Å²) in [4.78, 5) is 0. The van der Waals surface area contributed by atoms with Gasteiger partial charge >= 0.3 is 0 Å². The van der Waals surface area contributed by atoms with E-state index in [0.29, 0.717) is 5.92 Å². The monoisotopic (exact) mass is 311 g/mol. The van der Waals surface area contributed by atoms with Gasteiger partial charge in [-0.15, -0.1) is 6.42 Å². The van der Waals surface area contributed by atoms with Gasteiger partial charge in [-0.2, -0.15) is 5.10 Å². The zero-order chi connectivity index (χ0) is 13.7. The summed E-state index contributed by atoms with van der Waals surface area (Å²) in [5.41, 5.74) is 2.28. The molecule has 1 rings (SSSR count). The van der Waals surface area contributed by atoms with E-state index in [9.17, 15) is 0 Å². The van der Waals surface area contributed by atoms with Gasteiger partial charge < -0.3 is 0 Å². The van der Waals surface area contributed by atoms with Crippen molar-refractivity contribution in [2.24, 2.45) is 5.92 Å². The van der Waals surface area contributed by atoms with E-state index in [1.807, 2.05) is 4.68 Å². The van der Waals surface area contributed by atoms with Gasteiger partial charge in [0, 0.05) is 13.1 Å². The molecule has 0 amide bonds. The van der Waals surface area contributed by atoms with Crippen molar-refractivity contribution in [3.05, 3.63) is 15.9 Å². The number of rotatable bonds is 6. The molecule has 1 unspecified atom stereocenters. The molecule has 0 fully saturated rings. The summed E-state index contributed by atoms with van der Waals surface area (Å²) in [7, 11) is 0. The molecule has 0 saturated carbocycles. The van der Waals surface area contributed by atoms with Gasteiger partial charge in [0.15, 0.2) is 0 Å². The third kappa shape index (κ3) is 3.37. The minimum Gasteiger partial charge on any atom is -0.298 e. The number of hydrogen-bond donors (Lipinski definition) is 1. The van der Waals surface area contributed by atoms with Crippen LogP contribution in [0.3, 0.4) is 0 Å². The number of aryl methyl sites for hydroxylation is 2. The highest BCUT2D eigenvalue weighted by molar-refractivity contribution is 9.10. The number of aromatic nitrogens is 2. The topological polar surface area (TPSA) is 29.9 Å². The number of nitrogens with one attached hydrogen (secondary N) is 1. The molecule has 18 heavy (non-hydrogen) atoms. The molecule has 0 aliphatic rings.